The molecule has 3 N–H and O–H groups in total. The minimum atomic E-state index is -0.745. The van der Waals surface area contributed by atoms with Crippen LogP contribution in [0.3, 0.4) is 0 Å². The normalized spacial score (nSPS) is 12.5. The van der Waals surface area contributed by atoms with Crippen LogP contribution >= 0.6 is 11.6 Å². The monoisotopic (exact) mass is 245 g/mol. The van der Waals surface area contributed by atoms with E-state index < -0.39 is 6.10 Å². The molecular formula is C11H16ClNO3. The summed E-state index contributed by atoms with van der Waals surface area (Å²) in [5.74, 6) is 0.746. The van der Waals surface area contributed by atoms with E-state index in [9.17, 15) is 0 Å². The summed E-state index contributed by atoms with van der Waals surface area (Å²) in [5, 5.41) is 21.4. The molecule has 0 radical (unpaired) electrons. The van der Waals surface area contributed by atoms with Gasteiger partial charge in [-0.2, -0.15) is 0 Å². The summed E-state index contributed by atoms with van der Waals surface area (Å²) in [6, 6.07) is 5.35. The van der Waals surface area contributed by atoms with Crippen LogP contribution < -0.4 is 10.1 Å². The summed E-state index contributed by atoms with van der Waals surface area (Å²) in [5.41, 5.74) is 0.917. The van der Waals surface area contributed by atoms with Gasteiger partial charge < -0.3 is 20.3 Å². The summed E-state index contributed by atoms with van der Waals surface area (Å²) in [6.45, 7) is 0.604. The first kappa shape index (κ1) is 13.3. The number of hydrogen-bond acceptors (Lipinski definition) is 4. The molecule has 0 spiro atoms. The third-order valence-corrected chi connectivity index (χ3v) is 2.38. The summed E-state index contributed by atoms with van der Waals surface area (Å²) in [4.78, 5) is 0. The molecule has 5 heteroatoms. The molecule has 0 saturated carbocycles. The summed E-state index contributed by atoms with van der Waals surface area (Å²) >= 11 is 5.87. The lowest BCUT2D eigenvalue weighted by Gasteiger charge is -2.12. The summed E-state index contributed by atoms with van der Waals surface area (Å²) < 4.78 is 5.17. The number of aliphatic hydroxyl groups excluding tert-OH is 2. The van der Waals surface area contributed by atoms with E-state index in [2.05, 4.69) is 5.32 Å². The van der Waals surface area contributed by atoms with Gasteiger partial charge in [0.15, 0.2) is 0 Å². The van der Waals surface area contributed by atoms with Gasteiger partial charge in [0.05, 0.1) is 19.8 Å². The summed E-state index contributed by atoms with van der Waals surface area (Å²) in [7, 11) is 1.59. The zero-order valence-corrected chi connectivity index (χ0v) is 9.87. The highest BCUT2D eigenvalue weighted by Crippen LogP contribution is 2.22. The smallest absolute Gasteiger partial charge is 0.123 e. The van der Waals surface area contributed by atoms with Crippen LogP contribution in [0.2, 0.25) is 5.02 Å². The fraction of sp³-hybridized carbons (Fsp3) is 0.455. The Bertz CT molecular complexity index is 333. The molecule has 16 heavy (non-hydrogen) atoms. The van der Waals surface area contributed by atoms with E-state index in [4.69, 9.17) is 26.6 Å². The first-order chi connectivity index (χ1) is 7.67. The fourth-order valence-corrected chi connectivity index (χ4v) is 1.52. The predicted molar refractivity (Wildman–Crippen MR) is 62.8 cm³/mol. The van der Waals surface area contributed by atoms with E-state index in [1.54, 1.807) is 25.3 Å². The lowest BCUT2D eigenvalue weighted by atomic mass is 10.2. The Morgan fingerprint density at radius 2 is 2.25 bits per heavy atom. The van der Waals surface area contributed by atoms with Gasteiger partial charge in [-0.1, -0.05) is 11.6 Å². The maximum absolute atomic E-state index is 9.15. The van der Waals surface area contributed by atoms with Crippen LogP contribution in [0.1, 0.15) is 5.56 Å². The average molecular weight is 246 g/mol. The van der Waals surface area contributed by atoms with Crippen molar-refractivity contribution in [2.45, 2.75) is 12.6 Å². The van der Waals surface area contributed by atoms with Crippen molar-refractivity contribution in [3.63, 3.8) is 0 Å². The van der Waals surface area contributed by atoms with Crippen LogP contribution in [-0.2, 0) is 6.54 Å². The van der Waals surface area contributed by atoms with Gasteiger partial charge in [-0.25, -0.2) is 0 Å². The van der Waals surface area contributed by atoms with Crippen molar-refractivity contribution in [1.29, 1.82) is 0 Å². The van der Waals surface area contributed by atoms with Crippen LogP contribution in [0.5, 0.6) is 5.75 Å². The molecule has 0 amide bonds. The van der Waals surface area contributed by atoms with Crippen LogP contribution in [-0.4, -0.2) is 36.6 Å². The standard InChI is InChI=1S/C11H16ClNO3/c1-16-11-3-2-9(12)4-8(11)5-13-6-10(15)7-14/h2-4,10,13-15H,5-7H2,1H3. The number of hydrogen-bond donors (Lipinski definition) is 3. The van der Waals surface area contributed by atoms with Gasteiger partial charge in [-0.15, -0.1) is 0 Å². The number of benzene rings is 1. The van der Waals surface area contributed by atoms with Crippen molar-refractivity contribution in [1.82, 2.24) is 5.32 Å². The number of halogens is 1. The Morgan fingerprint density at radius 3 is 2.88 bits per heavy atom. The zero-order valence-electron chi connectivity index (χ0n) is 9.11. The molecule has 90 valence electrons. The highest BCUT2D eigenvalue weighted by Gasteiger charge is 2.05. The molecule has 1 rings (SSSR count). The van der Waals surface area contributed by atoms with Gasteiger partial charge in [-0.05, 0) is 18.2 Å². The van der Waals surface area contributed by atoms with Crippen molar-refractivity contribution >= 4 is 11.6 Å². The Hall–Kier alpha value is -0.810. The highest BCUT2D eigenvalue weighted by molar-refractivity contribution is 6.30. The van der Waals surface area contributed by atoms with Crippen LogP contribution in [0.15, 0.2) is 18.2 Å². The molecule has 1 aromatic carbocycles. The van der Waals surface area contributed by atoms with Crippen molar-refractivity contribution in [3.05, 3.63) is 28.8 Å². The van der Waals surface area contributed by atoms with E-state index >= 15 is 0 Å². The molecule has 0 heterocycles. The van der Waals surface area contributed by atoms with E-state index in [0.29, 0.717) is 18.1 Å². The van der Waals surface area contributed by atoms with E-state index in [1.165, 1.54) is 0 Å². The van der Waals surface area contributed by atoms with E-state index in [0.717, 1.165) is 11.3 Å². The minimum absolute atomic E-state index is 0.250. The number of aliphatic hydroxyl groups is 2. The topological polar surface area (TPSA) is 61.7 Å². The van der Waals surface area contributed by atoms with Gasteiger partial charge in [0.1, 0.15) is 5.75 Å². The fourth-order valence-electron chi connectivity index (χ4n) is 1.32. The zero-order chi connectivity index (χ0) is 12.0. The Kier molecular flexibility index (Phi) is 5.55. The van der Waals surface area contributed by atoms with Crippen LogP contribution in [0, 0.1) is 0 Å². The summed E-state index contributed by atoms with van der Waals surface area (Å²) in [6.07, 6.45) is -0.745. The van der Waals surface area contributed by atoms with Crippen LogP contribution in [0.4, 0.5) is 0 Å². The number of methoxy groups -OCH3 is 1. The lowest BCUT2D eigenvalue weighted by molar-refractivity contribution is 0.0942. The Balaban J connectivity index is 2.55. The van der Waals surface area contributed by atoms with Crippen molar-refractivity contribution < 1.29 is 14.9 Å². The molecule has 1 unspecified atom stereocenters. The first-order valence-electron chi connectivity index (χ1n) is 4.99. The van der Waals surface area contributed by atoms with Gasteiger partial charge >= 0.3 is 0 Å². The molecule has 0 aliphatic carbocycles. The second-order valence-corrected chi connectivity index (χ2v) is 3.86. The maximum Gasteiger partial charge on any atom is 0.123 e. The van der Waals surface area contributed by atoms with Gasteiger partial charge in [-0.3, -0.25) is 0 Å². The largest absolute Gasteiger partial charge is 0.496 e. The first-order valence-corrected chi connectivity index (χ1v) is 5.37. The Labute approximate surface area is 99.8 Å². The molecule has 0 aliphatic heterocycles. The second kappa shape index (κ2) is 6.70. The average Bonchev–Trinajstić information content (AvgIpc) is 2.29. The molecule has 1 aromatic rings. The van der Waals surface area contributed by atoms with Gasteiger partial charge in [0.25, 0.3) is 0 Å². The molecule has 4 nitrogen and oxygen atoms in total. The number of ether oxygens (including phenoxy) is 1. The van der Waals surface area contributed by atoms with E-state index in [-0.39, 0.29) is 6.61 Å². The van der Waals surface area contributed by atoms with Crippen molar-refractivity contribution in [3.8, 4) is 5.75 Å². The molecule has 0 saturated heterocycles. The molecule has 1 atom stereocenters. The number of nitrogens with one attached hydrogen (secondary N) is 1. The van der Waals surface area contributed by atoms with Crippen LogP contribution in [0.25, 0.3) is 0 Å². The molecule has 0 bridgehead atoms. The van der Waals surface area contributed by atoms with Gasteiger partial charge in [0, 0.05) is 23.7 Å². The number of rotatable bonds is 6. The maximum atomic E-state index is 9.15. The molecule has 0 fully saturated rings. The third kappa shape index (κ3) is 3.98. The quantitative estimate of drug-likeness (QED) is 0.694. The van der Waals surface area contributed by atoms with E-state index in [1.807, 2.05) is 0 Å². The predicted octanol–water partition coefficient (Wildman–Crippen LogP) is 0.791. The van der Waals surface area contributed by atoms with Crippen molar-refractivity contribution in [2.24, 2.45) is 0 Å². The second-order valence-electron chi connectivity index (χ2n) is 3.42. The Morgan fingerprint density at radius 1 is 1.50 bits per heavy atom. The van der Waals surface area contributed by atoms with Crippen molar-refractivity contribution in [2.75, 3.05) is 20.3 Å². The SMILES string of the molecule is COc1ccc(Cl)cc1CNCC(O)CO. The van der Waals surface area contributed by atoms with Gasteiger partial charge in [0.2, 0.25) is 0 Å². The minimum Gasteiger partial charge on any atom is -0.496 e. The molecule has 0 aromatic heterocycles. The lowest BCUT2D eigenvalue weighted by Crippen LogP contribution is -2.29. The third-order valence-electron chi connectivity index (χ3n) is 2.15. The highest BCUT2D eigenvalue weighted by atomic mass is 35.5. The molecular weight excluding hydrogens is 230 g/mol. The molecule has 0 aliphatic rings.